The molecule has 0 unspecified atom stereocenters. The third-order valence-corrected chi connectivity index (χ3v) is 2.50. The number of halogens is 2. The van der Waals surface area contributed by atoms with E-state index in [1.54, 1.807) is 0 Å². The molecule has 0 bridgehead atoms. The molecule has 0 atom stereocenters. The molecule has 0 amide bonds. The Kier molecular flexibility index (Phi) is 4.69. The first-order valence-electron chi connectivity index (χ1n) is 5.34. The highest BCUT2D eigenvalue weighted by Gasteiger charge is 2.04. The minimum Gasteiger partial charge on any atom is -0.310 e. The summed E-state index contributed by atoms with van der Waals surface area (Å²) in [5.74, 6) is -1.03. The van der Waals surface area contributed by atoms with Gasteiger partial charge < -0.3 is 5.32 Å². The number of nitrogens with one attached hydrogen (secondary N) is 1. The second kappa shape index (κ2) is 5.81. The van der Waals surface area contributed by atoms with Crippen LogP contribution >= 0.6 is 0 Å². The first-order valence-corrected chi connectivity index (χ1v) is 5.34. The molecule has 0 aromatic heterocycles. The van der Waals surface area contributed by atoms with E-state index in [-0.39, 0.29) is 0 Å². The van der Waals surface area contributed by atoms with Gasteiger partial charge >= 0.3 is 0 Å². The highest BCUT2D eigenvalue weighted by molar-refractivity contribution is 5.17. The van der Waals surface area contributed by atoms with Gasteiger partial charge in [-0.3, -0.25) is 0 Å². The van der Waals surface area contributed by atoms with Crippen molar-refractivity contribution in [3.63, 3.8) is 0 Å². The lowest BCUT2D eigenvalue weighted by atomic mass is 10.1. The van der Waals surface area contributed by atoms with Crippen molar-refractivity contribution in [1.82, 2.24) is 5.32 Å². The summed E-state index contributed by atoms with van der Waals surface area (Å²) in [6, 6.07) is 4.02. The maximum absolute atomic E-state index is 12.8. The number of rotatable bonds is 5. The Bertz CT molecular complexity index is 288. The van der Waals surface area contributed by atoms with Crippen LogP contribution in [0.25, 0.3) is 0 Å². The van der Waals surface area contributed by atoms with E-state index in [4.69, 9.17) is 0 Å². The molecule has 1 nitrogen and oxygen atoms in total. The fourth-order valence-corrected chi connectivity index (χ4v) is 1.55. The van der Waals surface area contributed by atoms with Crippen LogP contribution in [0.15, 0.2) is 18.2 Å². The van der Waals surface area contributed by atoms with Crippen LogP contribution in [0.1, 0.15) is 32.3 Å². The molecule has 0 spiro atoms. The molecule has 0 saturated carbocycles. The molecule has 84 valence electrons. The molecule has 0 aliphatic heterocycles. The summed E-state index contributed by atoms with van der Waals surface area (Å²) in [6.45, 7) is 4.70. The molecule has 0 saturated heterocycles. The maximum Gasteiger partial charge on any atom is 0.126 e. The van der Waals surface area contributed by atoms with Gasteiger partial charge in [0.2, 0.25) is 0 Å². The second-order valence-electron chi connectivity index (χ2n) is 3.67. The average molecular weight is 213 g/mol. The van der Waals surface area contributed by atoms with Crippen molar-refractivity contribution < 1.29 is 8.78 Å². The highest BCUT2D eigenvalue weighted by atomic mass is 19.1. The first-order chi connectivity index (χ1) is 7.15. The molecule has 15 heavy (non-hydrogen) atoms. The summed E-state index contributed by atoms with van der Waals surface area (Å²) in [7, 11) is 0. The maximum atomic E-state index is 12.8. The van der Waals surface area contributed by atoms with Crippen LogP contribution in [0, 0.1) is 11.6 Å². The Morgan fingerprint density at radius 3 is 2.07 bits per heavy atom. The van der Waals surface area contributed by atoms with E-state index in [1.165, 1.54) is 12.1 Å². The van der Waals surface area contributed by atoms with Crippen LogP contribution < -0.4 is 5.32 Å². The Morgan fingerprint density at radius 2 is 1.60 bits per heavy atom. The molecule has 0 aliphatic carbocycles. The van der Waals surface area contributed by atoms with Gasteiger partial charge in [0.1, 0.15) is 11.6 Å². The van der Waals surface area contributed by atoms with E-state index in [1.807, 2.05) is 0 Å². The number of benzene rings is 1. The molecule has 0 radical (unpaired) electrons. The van der Waals surface area contributed by atoms with Crippen molar-refractivity contribution in [2.45, 2.75) is 39.3 Å². The number of hydrogen-bond donors (Lipinski definition) is 1. The smallest absolute Gasteiger partial charge is 0.126 e. The van der Waals surface area contributed by atoms with Crippen molar-refractivity contribution >= 4 is 0 Å². The third-order valence-electron chi connectivity index (χ3n) is 2.50. The van der Waals surface area contributed by atoms with Gasteiger partial charge in [-0.2, -0.15) is 0 Å². The topological polar surface area (TPSA) is 12.0 Å². The second-order valence-corrected chi connectivity index (χ2v) is 3.67. The molecule has 0 aliphatic rings. The number of hydrogen-bond acceptors (Lipinski definition) is 1. The Balaban J connectivity index is 2.57. The van der Waals surface area contributed by atoms with Crippen molar-refractivity contribution in [3.05, 3.63) is 35.4 Å². The zero-order valence-corrected chi connectivity index (χ0v) is 9.19. The van der Waals surface area contributed by atoms with E-state index in [0.717, 1.165) is 18.9 Å². The van der Waals surface area contributed by atoms with Gasteiger partial charge in [0.05, 0.1) is 0 Å². The monoisotopic (exact) mass is 213 g/mol. The molecule has 0 fully saturated rings. The summed E-state index contributed by atoms with van der Waals surface area (Å²) < 4.78 is 25.7. The Labute approximate surface area is 89.5 Å². The normalized spacial score (nSPS) is 11.0. The van der Waals surface area contributed by atoms with Crippen molar-refractivity contribution in [2.75, 3.05) is 0 Å². The van der Waals surface area contributed by atoms with Gasteiger partial charge in [-0.05, 0) is 30.5 Å². The standard InChI is InChI=1S/C12H17F2N/c1-3-12(4-2)15-8-9-5-10(13)7-11(14)6-9/h5-7,12,15H,3-4,8H2,1-2H3. The summed E-state index contributed by atoms with van der Waals surface area (Å²) in [5.41, 5.74) is 0.652. The molecule has 3 heteroatoms. The van der Waals surface area contributed by atoms with Gasteiger partial charge in [-0.1, -0.05) is 13.8 Å². The van der Waals surface area contributed by atoms with Crippen LogP contribution in [0.4, 0.5) is 8.78 Å². The molecule has 0 heterocycles. The summed E-state index contributed by atoms with van der Waals surface area (Å²) >= 11 is 0. The lowest BCUT2D eigenvalue weighted by Crippen LogP contribution is -2.27. The molecule has 1 aromatic carbocycles. The fourth-order valence-electron chi connectivity index (χ4n) is 1.55. The largest absolute Gasteiger partial charge is 0.310 e. The van der Waals surface area contributed by atoms with Gasteiger partial charge in [-0.15, -0.1) is 0 Å². The first kappa shape index (κ1) is 12.1. The quantitative estimate of drug-likeness (QED) is 0.791. The predicted molar refractivity (Wildman–Crippen MR) is 57.6 cm³/mol. The van der Waals surface area contributed by atoms with Crippen LogP contribution in [0.3, 0.4) is 0 Å². The van der Waals surface area contributed by atoms with Crippen LogP contribution in [0.2, 0.25) is 0 Å². The van der Waals surface area contributed by atoms with E-state index in [0.29, 0.717) is 18.2 Å². The van der Waals surface area contributed by atoms with Gasteiger partial charge in [0.15, 0.2) is 0 Å². The fraction of sp³-hybridized carbons (Fsp3) is 0.500. The van der Waals surface area contributed by atoms with Crippen molar-refractivity contribution in [1.29, 1.82) is 0 Å². The van der Waals surface area contributed by atoms with Crippen LogP contribution in [0.5, 0.6) is 0 Å². The van der Waals surface area contributed by atoms with E-state index < -0.39 is 11.6 Å². The zero-order chi connectivity index (χ0) is 11.3. The zero-order valence-electron chi connectivity index (χ0n) is 9.19. The van der Waals surface area contributed by atoms with Gasteiger partial charge in [0, 0.05) is 18.7 Å². The minimum atomic E-state index is -0.517. The highest BCUT2D eigenvalue weighted by Crippen LogP contribution is 2.08. The van der Waals surface area contributed by atoms with Gasteiger partial charge in [0.25, 0.3) is 0 Å². The van der Waals surface area contributed by atoms with Gasteiger partial charge in [-0.25, -0.2) is 8.78 Å². The predicted octanol–water partition coefficient (Wildman–Crippen LogP) is 3.24. The van der Waals surface area contributed by atoms with E-state index >= 15 is 0 Å². The minimum absolute atomic E-state index is 0.413. The summed E-state index contributed by atoms with van der Waals surface area (Å²) in [5, 5.41) is 3.26. The lowest BCUT2D eigenvalue weighted by Gasteiger charge is -2.14. The summed E-state index contributed by atoms with van der Waals surface area (Å²) in [6.07, 6.45) is 2.04. The molecule has 1 N–H and O–H groups in total. The van der Waals surface area contributed by atoms with E-state index in [9.17, 15) is 8.78 Å². The molecular formula is C12H17F2N. The Morgan fingerprint density at radius 1 is 1.07 bits per heavy atom. The Hall–Kier alpha value is -0.960. The summed E-state index contributed by atoms with van der Waals surface area (Å²) in [4.78, 5) is 0. The molecule has 1 aromatic rings. The average Bonchev–Trinajstić information content (AvgIpc) is 2.18. The molecular weight excluding hydrogens is 196 g/mol. The molecule has 1 rings (SSSR count). The van der Waals surface area contributed by atoms with E-state index in [2.05, 4.69) is 19.2 Å². The van der Waals surface area contributed by atoms with Crippen LogP contribution in [-0.4, -0.2) is 6.04 Å². The van der Waals surface area contributed by atoms with Crippen molar-refractivity contribution in [3.8, 4) is 0 Å². The van der Waals surface area contributed by atoms with Crippen molar-refractivity contribution in [2.24, 2.45) is 0 Å². The third kappa shape index (κ3) is 3.96. The lowest BCUT2D eigenvalue weighted by molar-refractivity contribution is 0.481. The van der Waals surface area contributed by atoms with Crippen LogP contribution in [-0.2, 0) is 6.54 Å². The SMILES string of the molecule is CCC(CC)NCc1cc(F)cc(F)c1.